The fraction of sp³-hybridized carbons (Fsp3) is 0.231. The van der Waals surface area contributed by atoms with Crippen LogP contribution in [0, 0.1) is 0 Å². The monoisotopic (exact) mass is 278 g/mol. The molecule has 1 aromatic rings. The second-order valence-electron chi connectivity index (χ2n) is 4.27. The molecule has 5 N–H and O–H groups in total. The number of amides is 1. The molecule has 1 amide bonds. The molecule has 0 fully saturated rings. The summed E-state index contributed by atoms with van der Waals surface area (Å²) in [6.45, 7) is 1.82. The van der Waals surface area contributed by atoms with Crippen LogP contribution in [-0.2, 0) is 4.79 Å². The average molecular weight is 278 g/mol. The van der Waals surface area contributed by atoms with Crippen molar-refractivity contribution in [3.63, 3.8) is 0 Å². The fourth-order valence-electron chi connectivity index (χ4n) is 2.11. The molecule has 1 aromatic carbocycles. The molecule has 0 aromatic heterocycles. The van der Waals surface area contributed by atoms with Crippen molar-refractivity contribution in [3.8, 4) is 5.75 Å². The summed E-state index contributed by atoms with van der Waals surface area (Å²) in [4.78, 5) is 11.7. The summed E-state index contributed by atoms with van der Waals surface area (Å²) in [6, 6.07) is 7.23. The molecule has 0 spiro atoms. The van der Waals surface area contributed by atoms with Gasteiger partial charge in [-0.2, -0.15) is 0 Å². The number of hydrogen-bond acceptors (Lipinski definition) is 3. The van der Waals surface area contributed by atoms with Gasteiger partial charge in [0, 0.05) is 5.70 Å². The molecule has 0 radical (unpaired) electrons. The minimum absolute atomic E-state index is 0.221. The largest absolute Gasteiger partial charge is 0.497 e. The normalized spacial score (nSPS) is 18.7. The van der Waals surface area contributed by atoms with Crippen molar-refractivity contribution in [3.05, 3.63) is 41.1 Å². The highest BCUT2D eigenvalue weighted by molar-refractivity contribution is 7.80. The molecule has 1 heterocycles. The van der Waals surface area contributed by atoms with Gasteiger partial charge >= 0.3 is 5.91 Å². The van der Waals surface area contributed by atoms with Crippen molar-refractivity contribution < 1.29 is 15.3 Å². The first-order chi connectivity index (χ1) is 9.02. The lowest BCUT2D eigenvalue weighted by atomic mass is 9.95. The van der Waals surface area contributed by atoms with Gasteiger partial charge in [-0.15, -0.1) is 0 Å². The van der Waals surface area contributed by atoms with E-state index < -0.39 is 0 Å². The van der Waals surface area contributed by atoms with E-state index in [-0.39, 0.29) is 11.9 Å². The molecule has 0 aliphatic carbocycles. The lowest BCUT2D eigenvalue weighted by Gasteiger charge is -2.28. The number of ether oxygens (including phenoxy) is 1. The number of nitrogens with one attached hydrogen (secondary N) is 2. The topological polar surface area (TPSA) is 78.0 Å². The molecule has 5 nitrogen and oxygen atoms in total. The molecular formula is C13H16N3O2S+. The third kappa shape index (κ3) is 2.74. The van der Waals surface area contributed by atoms with E-state index in [1.165, 1.54) is 0 Å². The van der Waals surface area contributed by atoms with Gasteiger partial charge in [0.15, 0.2) is 5.11 Å². The van der Waals surface area contributed by atoms with Gasteiger partial charge in [0.2, 0.25) is 0 Å². The zero-order valence-corrected chi connectivity index (χ0v) is 11.6. The number of thiocarbonyl (C=S) groups is 1. The number of carbonyl (C=O) groups is 1. The number of benzene rings is 1. The molecule has 6 heteroatoms. The molecule has 1 atom stereocenters. The molecule has 0 saturated heterocycles. The van der Waals surface area contributed by atoms with E-state index in [2.05, 4.69) is 16.4 Å². The molecule has 0 unspecified atom stereocenters. The average Bonchev–Trinajstić information content (AvgIpc) is 2.37. The Morgan fingerprint density at radius 1 is 1.37 bits per heavy atom. The summed E-state index contributed by atoms with van der Waals surface area (Å²) in [6.07, 6.45) is 0. The van der Waals surface area contributed by atoms with Gasteiger partial charge in [-0.1, -0.05) is 12.1 Å². The molecule has 2 rings (SSSR count). The Bertz CT molecular complexity index is 552. The predicted molar refractivity (Wildman–Crippen MR) is 75.2 cm³/mol. The zero-order chi connectivity index (χ0) is 14.0. The Morgan fingerprint density at radius 2 is 2.00 bits per heavy atom. The van der Waals surface area contributed by atoms with Crippen molar-refractivity contribution in [2.45, 2.75) is 13.0 Å². The number of quaternary nitrogens is 1. The third-order valence-corrected chi connectivity index (χ3v) is 3.24. The minimum atomic E-state index is -0.273. The van der Waals surface area contributed by atoms with E-state index in [1.54, 1.807) is 7.11 Å². The third-order valence-electron chi connectivity index (χ3n) is 3.02. The first-order valence-electron chi connectivity index (χ1n) is 5.81. The van der Waals surface area contributed by atoms with Crippen molar-refractivity contribution >= 4 is 23.2 Å². The van der Waals surface area contributed by atoms with Gasteiger partial charge in [-0.25, -0.2) is 4.79 Å². The van der Waals surface area contributed by atoms with Crippen LogP contribution in [0.1, 0.15) is 18.5 Å². The first kappa shape index (κ1) is 13.5. The summed E-state index contributed by atoms with van der Waals surface area (Å²) in [7, 11) is 1.61. The number of rotatable bonds is 3. The standard InChI is InChI=1S/C13H15N3O2S/c1-7-10(12(14)17)11(16-13(19)15-7)8-3-5-9(18-2)6-4-8/h3-6,11H,1-2H3,(H2,14,17)(H2,15,16,19)/p+1/t11-/m0/s1. The summed E-state index contributed by atoms with van der Waals surface area (Å²) >= 11 is 5.14. The van der Waals surface area contributed by atoms with E-state index in [4.69, 9.17) is 17.0 Å². The summed E-state index contributed by atoms with van der Waals surface area (Å²) < 4.78 is 5.12. The molecule has 0 saturated carbocycles. The van der Waals surface area contributed by atoms with Gasteiger partial charge in [0.25, 0.3) is 0 Å². The Balaban J connectivity index is 2.42. The van der Waals surface area contributed by atoms with E-state index in [9.17, 15) is 4.79 Å². The van der Waals surface area contributed by atoms with E-state index >= 15 is 0 Å². The highest BCUT2D eigenvalue weighted by atomic mass is 32.1. The van der Waals surface area contributed by atoms with Crippen LogP contribution in [0.3, 0.4) is 0 Å². The first-order valence-corrected chi connectivity index (χ1v) is 6.22. The van der Waals surface area contributed by atoms with Crippen LogP contribution in [0.4, 0.5) is 0 Å². The molecular weight excluding hydrogens is 262 g/mol. The number of carbonyl (C=O) groups excluding carboxylic acids is 1. The highest BCUT2D eigenvalue weighted by Gasteiger charge is 2.30. The fourth-order valence-corrected chi connectivity index (χ4v) is 2.38. The second-order valence-corrected chi connectivity index (χ2v) is 4.67. The Hall–Kier alpha value is -1.92. The maximum Gasteiger partial charge on any atom is 0.341 e. The van der Waals surface area contributed by atoms with Crippen LogP contribution >= 0.6 is 12.2 Å². The maximum absolute atomic E-state index is 11.7. The molecule has 1 aliphatic heterocycles. The Morgan fingerprint density at radius 3 is 2.53 bits per heavy atom. The molecule has 1 aliphatic rings. The minimum Gasteiger partial charge on any atom is -0.497 e. The summed E-state index contributed by atoms with van der Waals surface area (Å²) in [5.74, 6) is 0.546. The number of methoxy groups -OCH3 is 1. The van der Waals surface area contributed by atoms with E-state index in [0.29, 0.717) is 10.7 Å². The Labute approximate surface area is 116 Å². The van der Waals surface area contributed by atoms with Crippen molar-refractivity contribution in [2.24, 2.45) is 0 Å². The van der Waals surface area contributed by atoms with E-state index in [0.717, 1.165) is 17.0 Å². The molecule has 0 bridgehead atoms. The van der Waals surface area contributed by atoms with Crippen molar-refractivity contribution in [1.29, 1.82) is 0 Å². The predicted octanol–water partition coefficient (Wildman–Crippen LogP) is 0.256. The summed E-state index contributed by atoms with van der Waals surface area (Å²) in [5.41, 5.74) is 5.78. The quantitative estimate of drug-likeness (QED) is 0.691. The molecule has 100 valence electrons. The SMILES string of the molecule is COc1ccc([C@@H]2NC(=S)NC(C)=C2C([NH3+])=O)cc1. The van der Waals surface area contributed by atoms with Gasteiger partial charge < -0.3 is 15.4 Å². The van der Waals surface area contributed by atoms with Crippen LogP contribution in [0.15, 0.2) is 35.5 Å². The van der Waals surface area contributed by atoms with Crippen molar-refractivity contribution in [2.75, 3.05) is 7.11 Å². The lowest BCUT2D eigenvalue weighted by molar-refractivity contribution is -0.299. The summed E-state index contributed by atoms with van der Waals surface area (Å²) in [5, 5.41) is 6.54. The smallest absolute Gasteiger partial charge is 0.341 e. The molecule has 19 heavy (non-hydrogen) atoms. The number of hydrogen-bond donors (Lipinski definition) is 3. The Kier molecular flexibility index (Phi) is 3.82. The van der Waals surface area contributed by atoms with Crippen LogP contribution in [-0.4, -0.2) is 18.1 Å². The second kappa shape index (κ2) is 5.38. The van der Waals surface area contributed by atoms with E-state index in [1.807, 2.05) is 31.2 Å². The maximum atomic E-state index is 11.7. The van der Waals surface area contributed by atoms with Crippen molar-refractivity contribution in [1.82, 2.24) is 10.6 Å². The van der Waals surface area contributed by atoms with Crippen LogP contribution < -0.4 is 21.1 Å². The van der Waals surface area contributed by atoms with Crippen LogP contribution in [0.5, 0.6) is 5.75 Å². The lowest BCUT2D eigenvalue weighted by Crippen LogP contribution is -2.61. The van der Waals surface area contributed by atoms with Gasteiger partial charge in [0.1, 0.15) is 11.3 Å². The van der Waals surface area contributed by atoms with Crippen LogP contribution in [0.25, 0.3) is 0 Å². The highest BCUT2D eigenvalue weighted by Crippen LogP contribution is 2.27. The number of allylic oxidation sites excluding steroid dienone is 1. The van der Waals surface area contributed by atoms with Gasteiger partial charge in [-0.05, 0) is 36.8 Å². The zero-order valence-electron chi connectivity index (χ0n) is 10.8. The van der Waals surface area contributed by atoms with Gasteiger partial charge in [0.05, 0.1) is 13.2 Å². The van der Waals surface area contributed by atoms with Crippen LogP contribution in [0.2, 0.25) is 0 Å². The van der Waals surface area contributed by atoms with Gasteiger partial charge in [-0.3, -0.25) is 5.73 Å².